The molecule has 0 N–H and O–H groups in total. The summed E-state index contributed by atoms with van der Waals surface area (Å²) in [5.74, 6) is 33.6. The van der Waals surface area contributed by atoms with Crippen molar-refractivity contribution in [3.8, 4) is 70.4 Å². The second kappa shape index (κ2) is 25.4. The molecule has 0 atom stereocenters. The molecule has 0 aromatic heterocycles. The van der Waals surface area contributed by atoms with E-state index in [2.05, 4.69) is 340 Å². The Labute approximate surface area is 607 Å². The van der Waals surface area contributed by atoms with Crippen molar-refractivity contribution in [3.63, 3.8) is 0 Å². The number of benzene rings is 11. The highest BCUT2D eigenvalue weighted by Gasteiger charge is 2.41. The van der Waals surface area contributed by atoms with Crippen molar-refractivity contribution in [1.82, 2.24) is 0 Å². The van der Waals surface area contributed by atoms with E-state index in [1.165, 1.54) is 77.5 Å². The minimum Gasteiger partial charge on any atom is -0.454 e. The molecule has 2 heterocycles. The summed E-state index contributed by atoms with van der Waals surface area (Å²) in [6.07, 6.45) is 7.21. The van der Waals surface area contributed by atoms with Crippen LogP contribution in [0.15, 0.2) is 182 Å². The van der Waals surface area contributed by atoms with E-state index in [0.717, 1.165) is 152 Å². The Morgan fingerprint density at radius 2 is 0.529 bits per heavy atom. The fourth-order valence-electron chi connectivity index (χ4n) is 15.4. The highest BCUT2D eigenvalue weighted by molar-refractivity contribution is 6.04. The van der Waals surface area contributed by atoms with E-state index in [0.29, 0.717) is 0 Å². The summed E-state index contributed by atoms with van der Waals surface area (Å²) in [5, 5.41) is 4.64. The highest BCUT2D eigenvalue weighted by atomic mass is 16.5. The van der Waals surface area contributed by atoms with Crippen LogP contribution in [0, 0.1) is 47.4 Å². The van der Waals surface area contributed by atoms with Gasteiger partial charge in [-0.15, -0.1) is 0 Å². The van der Waals surface area contributed by atoms with Gasteiger partial charge in [-0.3, -0.25) is 0 Å². The second-order valence-corrected chi connectivity index (χ2v) is 34.5. The lowest BCUT2D eigenvalue weighted by Gasteiger charge is -2.38. The quantitative estimate of drug-likeness (QED) is 0.111. The zero-order valence-corrected chi connectivity index (χ0v) is 62.8. The topological polar surface area (TPSA) is 18.5 Å². The Balaban J connectivity index is 0.770. The molecular weight excluding hydrogens is 1230 g/mol. The monoisotopic (exact) mass is 1330 g/mol. The summed E-state index contributed by atoms with van der Waals surface area (Å²) in [6.45, 7) is 37.0. The van der Waals surface area contributed by atoms with Crippen LogP contribution in [-0.2, 0) is 83.9 Å². The van der Waals surface area contributed by atoms with E-state index >= 15 is 0 Å². The average molecular weight is 1330 g/mol. The van der Waals surface area contributed by atoms with Gasteiger partial charge in [-0.1, -0.05) is 292 Å². The molecule has 2 nitrogen and oxygen atoms in total. The molecule has 0 saturated carbocycles. The third-order valence-electron chi connectivity index (χ3n) is 22.3. The van der Waals surface area contributed by atoms with Crippen LogP contribution < -0.4 is 9.47 Å². The summed E-state index contributed by atoms with van der Waals surface area (Å²) in [6, 6.07) is 68.3. The minimum atomic E-state index is -0.442. The lowest BCUT2D eigenvalue weighted by Crippen LogP contribution is -2.28. The molecule has 0 amide bonds. The van der Waals surface area contributed by atoms with Crippen molar-refractivity contribution >= 4 is 21.5 Å². The van der Waals surface area contributed by atoms with Crippen molar-refractivity contribution in [3.05, 3.63) is 316 Å². The maximum absolute atomic E-state index is 7.44. The molecular formula is C100H94O2. The number of ether oxygens (including phenoxy) is 2. The molecule has 2 heteroatoms. The van der Waals surface area contributed by atoms with Crippen LogP contribution in [0.2, 0.25) is 0 Å². The Bertz CT molecular complexity index is 5510. The predicted octanol–water partition coefficient (Wildman–Crippen LogP) is 23.4. The summed E-state index contributed by atoms with van der Waals surface area (Å²) in [4.78, 5) is 0. The molecule has 0 unspecified atom stereocenters. The Kier molecular flexibility index (Phi) is 16.8. The molecule has 11 aromatic carbocycles. The van der Waals surface area contributed by atoms with Gasteiger partial charge in [-0.25, -0.2) is 0 Å². The van der Waals surface area contributed by atoms with Crippen LogP contribution in [-0.4, -0.2) is 0 Å². The molecule has 0 fully saturated rings. The normalized spacial score (nSPS) is 14.7. The molecule has 0 spiro atoms. The molecule has 0 radical (unpaired) electrons. The summed E-state index contributed by atoms with van der Waals surface area (Å²) in [7, 11) is 0. The van der Waals surface area contributed by atoms with Crippen LogP contribution in [0.5, 0.6) is 23.0 Å². The fourth-order valence-corrected chi connectivity index (χ4v) is 15.4. The zero-order valence-electron chi connectivity index (χ0n) is 62.8. The summed E-state index contributed by atoms with van der Waals surface area (Å²) >= 11 is 0. The predicted molar refractivity (Wildman–Crippen MR) is 426 cm³/mol. The first-order valence-electron chi connectivity index (χ1n) is 37.0. The van der Waals surface area contributed by atoms with E-state index < -0.39 is 10.8 Å². The molecule has 506 valence electrons. The maximum atomic E-state index is 7.44. The lowest BCUT2D eigenvalue weighted by atomic mass is 9.70. The molecule has 102 heavy (non-hydrogen) atoms. The van der Waals surface area contributed by atoms with Crippen molar-refractivity contribution in [2.75, 3.05) is 0 Å². The Hall–Kier alpha value is -10.2. The van der Waals surface area contributed by atoms with Gasteiger partial charge in [-0.2, -0.15) is 0 Å². The van der Waals surface area contributed by atoms with E-state index in [-0.39, 0.29) is 21.7 Å². The van der Waals surface area contributed by atoms with Gasteiger partial charge >= 0.3 is 0 Å². The van der Waals surface area contributed by atoms with Gasteiger partial charge in [0.2, 0.25) is 0 Å². The molecule has 2 aliphatic heterocycles. The van der Waals surface area contributed by atoms with E-state index in [1.807, 2.05) is 0 Å². The number of fused-ring (bicyclic) bond motifs is 6. The highest BCUT2D eigenvalue weighted by Crippen LogP contribution is 2.55. The summed E-state index contributed by atoms with van der Waals surface area (Å²) in [5.41, 5.74) is 26.2. The number of hydrogen-bond acceptors (Lipinski definition) is 2. The minimum absolute atomic E-state index is 0.122. The fraction of sp³-hybridized carbons (Fsp3) is 0.300. The van der Waals surface area contributed by atoms with E-state index in [1.54, 1.807) is 0 Å². The van der Waals surface area contributed by atoms with Crippen LogP contribution in [0.4, 0.5) is 0 Å². The Morgan fingerprint density at radius 1 is 0.265 bits per heavy atom. The SMILES string of the molecule is CC(C)(C)c1cc(C#Cc2cc3ccc2CCc2ccc(cc2)CC3)c2c(c1)C(C)(C)c1cc(C(C)(C)C)cc(C#Cc3cc4ccc3CCc3ccc(c(C#Cc5cc(C(C)(C)C)cc6c5Oc5c(C#Cc7c8ccccc8cc8ccccc78)cc(C(C)(C)C)cc5C6(C)C)c3)CC4)c1O2. The smallest absolute Gasteiger partial charge is 0.147 e. The average Bonchev–Trinajstić information content (AvgIpc) is 0.729. The zero-order chi connectivity index (χ0) is 71.4. The van der Waals surface area contributed by atoms with Crippen LogP contribution >= 0.6 is 0 Å². The second-order valence-electron chi connectivity index (χ2n) is 34.5. The van der Waals surface area contributed by atoms with E-state index in [9.17, 15) is 0 Å². The maximum Gasteiger partial charge on any atom is 0.147 e. The Morgan fingerprint density at radius 3 is 0.853 bits per heavy atom. The molecule has 8 bridgehead atoms. The van der Waals surface area contributed by atoms with Gasteiger partial charge in [-0.05, 0) is 210 Å². The third kappa shape index (κ3) is 13.1. The number of aryl methyl sites for hydroxylation is 8. The van der Waals surface area contributed by atoms with Crippen LogP contribution in [0.3, 0.4) is 0 Å². The van der Waals surface area contributed by atoms with Gasteiger partial charge in [0, 0.05) is 55.3 Å². The first-order valence-corrected chi connectivity index (χ1v) is 37.0. The lowest BCUT2D eigenvalue weighted by molar-refractivity contribution is 0.412. The van der Waals surface area contributed by atoms with Gasteiger partial charge in [0.1, 0.15) is 23.0 Å². The summed E-state index contributed by atoms with van der Waals surface area (Å²) < 4.78 is 14.9. The van der Waals surface area contributed by atoms with E-state index in [4.69, 9.17) is 9.47 Å². The molecule has 11 aromatic rings. The van der Waals surface area contributed by atoms with Crippen molar-refractivity contribution < 1.29 is 9.47 Å². The molecule has 0 saturated heterocycles. The van der Waals surface area contributed by atoms with Gasteiger partial charge in [0.25, 0.3) is 0 Å². The standard InChI is InChI=1S/C100H94O2/c1-95(2,3)80-55-76(46-43-71-51-65-30-29-63-25-27-64(28-26-63)31-37-68(71)38-32-65)91-87(59-80)99(13,14)88-60-81(96(4,5)6)56-77(92(88)101-91)47-44-72-52-66-33-39-69(72)40-34-67-36-42-70(41-35-66)73(53-67)45-48-78-57-82(97(7,8)9)61-89-93(78)102-94-79(58-83(98(10,11)12)62-90(94)100(89,15)16)49-50-86-84-23-19-17-21-74(84)54-75-22-18-20-24-85(75)86/h17-28,32-33,36,38-39,42,51-62H,29-31,34-35,37,40-41H2,1-16H3. The third-order valence-corrected chi connectivity index (χ3v) is 22.3. The number of rotatable bonds is 0. The van der Waals surface area contributed by atoms with Crippen LogP contribution in [0.25, 0.3) is 21.5 Å². The molecule has 21 rings (SSSR count). The van der Waals surface area contributed by atoms with Crippen molar-refractivity contribution in [2.45, 2.75) is 195 Å². The molecule has 8 aliphatic carbocycles. The molecule has 10 aliphatic rings. The van der Waals surface area contributed by atoms with Gasteiger partial charge in [0.15, 0.2) is 0 Å². The van der Waals surface area contributed by atoms with Gasteiger partial charge in [0.05, 0.1) is 22.3 Å². The number of hydrogen-bond donors (Lipinski definition) is 0. The first-order chi connectivity index (χ1) is 48.5. The first kappa shape index (κ1) is 67.6. The van der Waals surface area contributed by atoms with Gasteiger partial charge < -0.3 is 9.47 Å². The van der Waals surface area contributed by atoms with Crippen molar-refractivity contribution in [1.29, 1.82) is 0 Å². The van der Waals surface area contributed by atoms with Crippen LogP contribution in [0.1, 0.15) is 244 Å². The largest absolute Gasteiger partial charge is 0.454 e. The van der Waals surface area contributed by atoms with Crippen molar-refractivity contribution in [2.24, 2.45) is 0 Å².